The number of nitrogens with zero attached hydrogens (tertiary/aromatic N) is 1. The van der Waals surface area contributed by atoms with Crippen LogP contribution < -0.4 is 0 Å². The second-order valence-electron chi connectivity index (χ2n) is 4.10. The summed E-state index contributed by atoms with van der Waals surface area (Å²) in [5.41, 5.74) is -0.0329. The summed E-state index contributed by atoms with van der Waals surface area (Å²) in [7, 11) is -3.90. The Labute approximate surface area is 122 Å². The van der Waals surface area contributed by atoms with Crippen molar-refractivity contribution in [3.63, 3.8) is 0 Å². The lowest BCUT2D eigenvalue weighted by molar-refractivity contribution is 0.0695. The van der Waals surface area contributed by atoms with E-state index in [1.54, 1.807) is 6.92 Å². The number of hydrogen-bond acceptors (Lipinski definition) is 4. The standard InChI is InChI=1S/C12H16ClNO5S/c1-3-14(4-5-15)20(18,19)11-7-9(13)6-10(8(11)2)12(16)17/h6-7,15H,3-5H2,1-2H3,(H,16,17). The fourth-order valence-electron chi connectivity index (χ4n) is 1.84. The summed E-state index contributed by atoms with van der Waals surface area (Å²) in [5.74, 6) is -1.24. The molecule has 1 aromatic carbocycles. The number of hydrogen-bond donors (Lipinski definition) is 2. The lowest BCUT2D eigenvalue weighted by Gasteiger charge is -2.21. The molecule has 8 heteroatoms. The number of aliphatic hydroxyl groups is 1. The molecule has 0 aliphatic rings. The Morgan fingerprint density at radius 3 is 2.45 bits per heavy atom. The van der Waals surface area contributed by atoms with Gasteiger partial charge < -0.3 is 10.2 Å². The fourth-order valence-corrected chi connectivity index (χ4v) is 3.84. The Kier molecular flexibility index (Phi) is 5.52. The third kappa shape index (κ3) is 3.29. The highest BCUT2D eigenvalue weighted by Gasteiger charge is 2.27. The van der Waals surface area contributed by atoms with Crippen LogP contribution >= 0.6 is 11.6 Å². The van der Waals surface area contributed by atoms with Crippen molar-refractivity contribution in [1.82, 2.24) is 4.31 Å². The maximum absolute atomic E-state index is 12.5. The van der Waals surface area contributed by atoms with E-state index in [1.807, 2.05) is 0 Å². The number of aromatic carboxylic acids is 1. The van der Waals surface area contributed by atoms with Crippen LogP contribution in [0.1, 0.15) is 22.8 Å². The van der Waals surface area contributed by atoms with E-state index in [4.69, 9.17) is 21.8 Å². The molecular weight excluding hydrogens is 306 g/mol. The molecule has 0 aliphatic heterocycles. The van der Waals surface area contributed by atoms with Crippen molar-refractivity contribution in [3.05, 3.63) is 28.3 Å². The van der Waals surface area contributed by atoms with Gasteiger partial charge in [0.15, 0.2) is 0 Å². The number of halogens is 1. The first-order valence-corrected chi connectivity index (χ1v) is 7.72. The number of aliphatic hydroxyl groups excluding tert-OH is 1. The van der Waals surface area contributed by atoms with Crippen LogP contribution in [0.3, 0.4) is 0 Å². The van der Waals surface area contributed by atoms with E-state index >= 15 is 0 Å². The van der Waals surface area contributed by atoms with Crippen molar-refractivity contribution in [3.8, 4) is 0 Å². The second kappa shape index (κ2) is 6.53. The van der Waals surface area contributed by atoms with E-state index in [0.29, 0.717) is 0 Å². The zero-order valence-electron chi connectivity index (χ0n) is 11.1. The smallest absolute Gasteiger partial charge is 0.336 e. The molecule has 0 radical (unpaired) electrons. The molecule has 6 nitrogen and oxygen atoms in total. The van der Waals surface area contributed by atoms with Gasteiger partial charge in [0.1, 0.15) is 0 Å². The van der Waals surface area contributed by atoms with Crippen molar-refractivity contribution in [2.75, 3.05) is 19.7 Å². The molecule has 0 fully saturated rings. The lowest BCUT2D eigenvalue weighted by Crippen LogP contribution is -2.34. The van der Waals surface area contributed by atoms with E-state index in [-0.39, 0.29) is 40.7 Å². The molecule has 2 N–H and O–H groups in total. The molecule has 1 aromatic rings. The van der Waals surface area contributed by atoms with E-state index in [1.165, 1.54) is 19.1 Å². The molecule has 20 heavy (non-hydrogen) atoms. The number of carboxylic acids is 1. The number of carbonyl (C=O) groups is 1. The normalized spacial score (nSPS) is 11.8. The van der Waals surface area contributed by atoms with Crippen LogP contribution in [0.15, 0.2) is 17.0 Å². The quantitative estimate of drug-likeness (QED) is 0.824. The molecule has 0 unspecified atom stereocenters. The molecule has 0 aliphatic carbocycles. The van der Waals surface area contributed by atoms with E-state index in [0.717, 1.165) is 4.31 Å². The van der Waals surface area contributed by atoms with Gasteiger partial charge in [-0.15, -0.1) is 0 Å². The molecule has 0 saturated carbocycles. The van der Waals surface area contributed by atoms with Crippen LogP contribution in [0.2, 0.25) is 5.02 Å². The van der Waals surface area contributed by atoms with Gasteiger partial charge >= 0.3 is 5.97 Å². The number of rotatable bonds is 6. The minimum Gasteiger partial charge on any atom is -0.478 e. The van der Waals surface area contributed by atoms with Gasteiger partial charge in [-0.05, 0) is 24.6 Å². The van der Waals surface area contributed by atoms with Gasteiger partial charge in [0.05, 0.1) is 17.1 Å². The van der Waals surface area contributed by atoms with E-state index in [2.05, 4.69) is 0 Å². The molecule has 0 amide bonds. The van der Waals surface area contributed by atoms with Gasteiger partial charge in [0, 0.05) is 18.1 Å². The van der Waals surface area contributed by atoms with Crippen LogP contribution in [0, 0.1) is 6.92 Å². The van der Waals surface area contributed by atoms with Gasteiger partial charge in [-0.25, -0.2) is 13.2 Å². The number of benzene rings is 1. The van der Waals surface area contributed by atoms with Gasteiger partial charge in [-0.2, -0.15) is 4.31 Å². The predicted molar refractivity (Wildman–Crippen MR) is 74.7 cm³/mol. The molecule has 0 bridgehead atoms. The highest BCUT2D eigenvalue weighted by molar-refractivity contribution is 7.89. The van der Waals surface area contributed by atoms with Crippen LogP contribution in [0.25, 0.3) is 0 Å². The summed E-state index contributed by atoms with van der Waals surface area (Å²) in [6.45, 7) is 2.83. The minimum absolute atomic E-state index is 0.0339. The minimum atomic E-state index is -3.90. The summed E-state index contributed by atoms with van der Waals surface area (Å²) in [6, 6.07) is 2.43. The first-order chi connectivity index (χ1) is 9.25. The third-order valence-electron chi connectivity index (χ3n) is 2.88. The third-order valence-corrected chi connectivity index (χ3v) is 5.19. The van der Waals surface area contributed by atoms with Crippen LogP contribution in [-0.4, -0.2) is 48.6 Å². The molecule has 0 saturated heterocycles. The van der Waals surface area contributed by atoms with Crippen LogP contribution in [0.4, 0.5) is 0 Å². The van der Waals surface area contributed by atoms with E-state index < -0.39 is 16.0 Å². The lowest BCUT2D eigenvalue weighted by atomic mass is 10.1. The van der Waals surface area contributed by atoms with Gasteiger partial charge in [0.2, 0.25) is 10.0 Å². The summed E-state index contributed by atoms with van der Waals surface area (Å²) >= 11 is 5.80. The van der Waals surface area contributed by atoms with Gasteiger partial charge in [-0.3, -0.25) is 0 Å². The Hall–Kier alpha value is -1.15. The zero-order chi connectivity index (χ0) is 15.5. The Morgan fingerprint density at radius 1 is 1.40 bits per heavy atom. The van der Waals surface area contributed by atoms with Crippen molar-refractivity contribution in [1.29, 1.82) is 0 Å². The Bertz CT molecular complexity index is 615. The first-order valence-electron chi connectivity index (χ1n) is 5.90. The van der Waals surface area contributed by atoms with Crippen LogP contribution in [0.5, 0.6) is 0 Å². The molecule has 0 spiro atoms. The fraction of sp³-hybridized carbons (Fsp3) is 0.417. The average molecular weight is 322 g/mol. The topological polar surface area (TPSA) is 94.9 Å². The monoisotopic (exact) mass is 321 g/mol. The molecule has 0 aromatic heterocycles. The summed E-state index contributed by atoms with van der Waals surface area (Å²) in [6.07, 6.45) is 0. The number of likely N-dealkylation sites (N-methyl/N-ethyl adjacent to an activating group) is 1. The number of sulfonamides is 1. The van der Waals surface area contributed by atoms with E-state index in [9.17, 15) is 13.2 Å². The van der Waals surface area contributed by atoms with Crippen molar-refractivity contribution in [2.45, 2.75) is 18.7 Å². The van der Waals surface area contributed by atoms with Gasteiger partial charge in [-0.1, -0.05) is 18.5 Å². The van der Waals surface area contributed by atoms with Gasteiger partial charge in [0.25, 0.3) is 0 Å². The molecular formula is C12H16ClNO5S. The average Bonchev–Trinajstić information content (AvgIpc) is 2.37. The Morgan fingerprint density at radius 2 is 2.00 bits per heavy atom. The van der Waals surface area contributed by atoms with Crippen molar-refractivity contribution >= 4 is 27.6 Å². The first kappa shape index (κ1) is 16.9. The molecule has 0 heterocycles. The predicted octanol–water partition coefficient (Wildman–Crippen LogP) is 1.35. The van der Waals surface area contributed by atoms with Crippen LogP contribution in [-0.2, 0) is 10.0 Å². The SMILES string of the molecule is CCN(CCO)S(=O)(=O)c1cc(Cl)cc(C(=O)O)c1C. The maximum Gasteiger partial charge on any atom is 0.336 e. The maximum atomic E-state index is 12.5. The summed E-state index contributed by atoms with van der Waals surface area (Å²) < 4.78 is 26.0. The largest absolute Gasteiger partial charge is 0.478 e. The highest BCUT2D eigenvalue weighted by atomic mass is 35.5. The Balaban J connectivity index is 3.49. The number of carboxylic acid groups (broad SMARTS) is 1. The highest BCUT2D eigenvalue weighted by Crippen LogP contribution is 2.27. The zero-order valence-corrected chi connectivity index (χ0v) is 12.7. The molecule has 1 rings (SSSR count). The molecule has 112 valence electrons. The summed E-state index contributed by atoms with van der Waals surface area (Å²) in [5, 5.41) is 18.0. The van der Waals surface area contributed by atoms with Crippen molar-refractivity contribution in [2.24, 2.45) is 0 Å². The van der Waals surface area contributed by atoms with Crippen molar-refractivity contribution < 1.29 is 23.4 Å². The second-order valence-corrected chi connectivity index (χ2v) is 6.44. The molecule has 0 atom stereocenters. The summed E-state index contributed by atoms with van der Waals surface area (Å²) in [4.78, 5) is 11.0.